The molecule has 2 N–H and O–H groups in total. The molecule has 0 saturated carbocycles. The third kappa shape index (κ3) is 5.67. The summed E-state index contributed by atoms with van der Waals surface area (Å²) in [5.74, 6) is 0.729. The summed E-state index contributed by atoms with van der Waals surface area (Å²) in [4.78, 5) is 16.2. The maximum absolute atomic E-state index is 9.95. The predicted molar refractivity (Wildman–Crippen MR) is 30.4 cm³/mol. The van der Waals surface area contributed by atoms with E-state index >= 15 is 0 Å². The van der Waals surface area contributed by atoms with Crippen LogP contribution in [-0.4, -0.2) is 9.79 Å². The normalized spacial score (nSPS) is 9.88. The number of allylic oxidation sites excluding steroid dienone is 1. The highest BCUT2D eigenvalue weighted by molar-refractivity contribution is 7.55. The second-order valence-corrected chi connectivity index (χ2v) is 2.61. The minimum absolute atomic E-state index is 0.729. The number of hydrogen-bond acceptors (Lipinski definition) is 1. The quantitative estimate of drug-likeness (QED) is 0.413. The molecule has 0 atom stereocenters. The van der Waals surface area contributed by atoms with Crippen molar-refractivity contribution in [2.24, 2.45) is 0 Å². The Morgan fingerprint density at radius 3 is 2.25 bits per heavy atom. The van der Waals surface area contributed by atoms with Crippen LogP contribution >= 0.6 is 7.60 Å². The molecule has 0 aliphatic heterocycles. The van der Waals surface area contributed by atoms with Crippen LogP contribution in [0.1, 0.15) is 6.92 Å². The third-order valence-electron chi connectivity index (χ3n) is 0.409. The maximum Gasteiger partial charge on any atom is 0.356 e. The van der Waals surface area contributed by atoms with Gasteiger partial charge in [-0.05, 0) is 13.0 Å². The molecular formula is C4H7O3P. The first kappa shape index (κ1) is 7.67. The first-order valence-electron chi connectivity index (χ1n) is 2.00. The van der Waals surface area contributed by atoms with Crippen LogP contribution in [0, 0.1) is 0 Å². The molecule has 8 heavy (non-hydrogen) atoms. The van der Waals surface area contributed by atoms with Crippen molar-refractivity contribution in [2.75, 3.05) is 0 Å². The van der Waals surface area contributed by atoms with Crippen molar-refractivity contribution >= 4 is 7.60 Å². The van der Waals surface area contributed by atoms with Gasteiger partial charge in [-0.2, -0.15) is 0 Å². The molecule has 0 amide bonds. The molecule has 4 heteroatoms. The van der Waals surface area contributed by atoms with Gasteiger partial charge in [-0.15, -0.1) is 5.73 Å². The zero-order valence-corrected chi connectivity index (χ0v) is 5.30. The molecule has 0 spiro atoms. The van der Waals surface area contributed by atoms with Crippen molar-refractivity contribution in [3.05, 3.63) is 17.6 Å². The van der Waals surface area contributed by atoms with Crippen LogP contribution < -0.4 is 0 Å². The Balaban J connectivity index is 4.12. The van der Waals surface area contributed by atoms with Crippen molar-refractivity contribution in [3.63, 3.8) is 0 Å². The lowest BCUT2D eigenvalue weighted by atomic mass is 10.7. The van der Waals surface area contributed by atoms with Crippen LogP contribution in [0.5, 0.6) is 0 Å². The topological polar surface area (TPSA) is 57.5 Å². The van der Waals surface area contributed by atoms with Gasteiger partial charge in [0.05, 0.1) is 5.82 Å². The summed E-state index contributed by atoms with van der Waals surface area (Å²) in [5.41, 5.74) is 2.28. The van der Waals surface area contributed by atoms with E-state index in [1.54, 1.807) is 6.92 Å². The van der Waals surface area contributed by atoms with Crippen LogP contribution in [0.4, 0.5) is 0 Å². The zero-order chi connectivity index (χ0) is 6.62. The van der Waals surface area contributed by atoms with Crippen LogP contribution in [0.25, 0.3) is 0 Å². The lowest BCUT2D eigenvalue weighted by Crippen LogP contribution is -1.64. The van der Waals surface area contributed by atoms with Gasteiger partial charge in [0.1, 0.15) is 0 Å². The first-order chi connectivity index (χ1) is 3.56. The zero-order valence-electron chi connectivity index (χ0n) is 4.40. The first-order valence-corrected chi connectivity index (χ1v) is 3.68. The summed E-state index contributed by atoms with van der Waals surface area (Å²) in [6.07, 6.45) is 1.43. The summed E-state index contributed by atoms with van der Waals surface area (Å²) < 4.78 is 9.95. The Labute approximate surface area is 47.5 Å². The summed E-state index contributed by atoms with van der Waals surface area (Å²) in [6.45, 7) is 1.63. The SMILES string of the molecule is CC=C=CP(=O)(O)O. The molecule has 3 nitrogen and oxygen atoms in total. The van der Waals surface area contributed by atoms with E-state index in [0.717, 1.165) is 5.82 Å². The monoisotopic (exact) mass is 134 g/mol. The molecule has 0 rings (SSSR count). The van der Waals surface area contributed by atoms with E-state index in [1.807, 2.05) is 0 Å². The predicted octanol–water partition coefficient (Wildman–Crippen LogP) is 0.853. The van der Waals surface area contributed by atoms with Gasteiger partial charge in [-0.25, -0.2) is 0 Å². The molecule has 0 unspecified atom stereocenters. The van der Waals surface area contributed by atoms with Crippen molar-refractivity contribution < 1.29 is 14.4 Å². The maximum atomic E-state index is 9.95. The average Bonchev–Trinajstić information content (AvgIpc) is 1.59. The highest BCUT2D eigenvalue weighted by Crippen LogP contribution is 2.35. The Morgan fingerprint density at radius 1 is 1.62 bits per heavy atom. The minimum Gasteiger partial charge on any atom is -0.321 e. The molecular weight excluding hydrogens is 127 g/mol. The van der Waals surface area contributed by atoms with Crippen LogP contribution in [-0.2, 0) is 4.57 Å². The molecule has 0 heterocycles. The summed E-state index contributed by atoms with van der Waals surface area (Å²) in [7, 11) is -3.95. The van der Waals surface area contributed by atoms with Gasteiger partial charge in [0.25, 0.3) is 0 Å². The van der Waals surface area contributed by atoms with Crippen LogP contribution in [0.3, 0.4) is 0 Å². The lowest BCUT2D eigenvalue weighted by Gasteiger charge is -1.87. The summed E-state index contributed by atoms with van der Waals surface area (Å²) in [5, 5.41) is 0. The van der Waals surface area contributed by atoms with E-state index in [2.05, 4.69) is 5.73 Å². The van der Waals surface area contributed by atoms with E-state index in [9.17, 15) is 4.57 Å². The molecule has 46 valence electrons. The molecule has 0 aromatic carbocycles. The van der Waals surface area contributed by atoms with Gasteiger partial charge in [0, 0.05) is 0 Å². The van der Waals surface area contributed by atoms with Crippen LogP contribution in [0.15, 0.2) is 17.6 Å². The Hall–Kier alpha value is -0.330. The smallest absolute Gasteiger partial charge is 0.321 e. The summed E-state index contributed by atoms with van der Waals surface area (Å²) >= 11 is 0. The Kier molecular flexibility index (Phi) is 2.74. The second-order valence-electron chi connectivity index (χ2n) is 1.17. The van der Waals surface area contributed by atoms with Gasteiger partial charge in [0.2, 0.25) is 0 Å². The Bertz CT molecular complexity index is 160. The van der Waals surface area contributed by atoms with Gasteiger partial charge in [-0.3, -0.25) is 4.57 Å². The van der Waals surface area contributed by atoms with Gasteiger partial charge in [-0.1, -0.05) is 0 Å². The highest BCUT2D eigenvalue weighted by Gasteiger charge is 2.03. The molecule has 0 aliphatic rings. The van der Waals surface area contributed by atoms with E-state index < -0.39 is 7.60 Å². The minimum atomic E-state index is -3.95. The van der Waals surface area contributed by atoms with Crippen molar-refractivity contribution in [1.29, 1.82) is 0 Å². The number of hydrogen-bond donors (Lipinski definition) is 2. The second kappa shape index (κ2) is 2.85. The van der Waals surface area contributed by atoms with Crippen molar-refractivity contribution in [1.82, 2.24) is 0 Å². The van der Waals surface area contributed by atoms with E-state index in [0.29, 0.717) is 0 Å². The lowest BCUT2D eigenvalue weighted by molar-refractivity contribution is 0.386. The van der Waals surface area contributed by atoms with Gasteiger partial charge in [0.15, 0.2) is 0 Å². The number of rotatable bonds is 1. The van der Waals surface area contributed by atoms with Crippen molar-refractivity contribution in [3.8, 4) is 0 Å². The fourth-order valence-corrected chi connectivity index (χ4v) is 0.515. The Morgan fingerprint density at radius 2 is 2.12 bits per heavy atom. The average molecular weight is 134 g/mol. The van der Waals surface area contributed by atoms with E-state index in [4.69, 9.17) is 9.79 Å². The van der Waals surface area contributed by atoms with Gasteiger partial charge < -0.3 is 9.79 Å². The summed E-state index contributed by atoms with van der Waals surface area (Å²) in [6, 6.07) is 0. The largest absolute Gasteiger partial charge is 0.356 e. The van der Waals surface area contributed by atoms with Crippen LogP contribution in [0.2, 0.25) is 0 Å². The fourth-order valence-electron chi connectivity index (χ4n) is 0.172. The molecule has 0 fully saturated rings. The van der Waals surface area contributed by atoms with E-state index in [-0.39, 0.29) is 0 Å². The third-order valence-corrected chi connectivity index (χ3v) is 0.895. The fraction of sp³-hybridized carbons (Fsp3) is 0.250. The molecule has 0 radical (unpaired) electrons. The molecule has 0 saturated heterocycles. The van der Waals surface area contributed by atoms with Gasteiger partial charge >= 0.3 is 7.60 Å². The molecule has 0 bridgehead atoms. The standard InChI is InChI=1S/C4H7O3P/c1-2-3-4-8(5,6)7/h2,4H,1H3,(H2,5,6,7). The van der Waals surface area contributed by atoms with E-state index in [1.165, 1.54) is 6.08 Å². The van der Waals surface area contributed by atoms with Crippen molar-refractivity contribution in [2.45, 2.75) is 6.92 Å². The molecule has 0 aromatic rings. The highest BCUT2D eigenvalue weighted by atomic mass is 31.2. The molecule has 0 aromatic heterocycles. The molecule has 0 aliphatic carbocycles.